The van der Waals surface area contributed by atoms with E-state index in [4.69, 9.17) is 0 Å². The van der Waals surface area contributed by atoms with Gasteiger partial charge in [0.15, 0.2) is 0 Å². The Morgan fingerprint density at radius 2 is 2.05 bits per heavy atom. The van der Waals surface area contributed by atoms with Gasteiger partial charge in [-0.25, -0.2) is 0 Å². The van der Waals surface area contributed by atoms with Gasteiger partial charge in [0, 0.05) is 18.3 Å². The van der Waals surface area contributed by atoms with Crippen LogP contribution in [-0.4, -0.2) is 22.4 Å². The third-order valence-corrected chi connectivity index (χ3v) is 4.57. The van der Waals surface area contributed by atoms with Gasteiger partial charge < -0.3 is 5.32 Å². The molecule has 0 radical (unpaired) electrons. The molecular formula is C17H31N3. The molecule has 2 unspecified atom stereocenters. The Hall–Kier alpha value is -0.830. The number of hydrogen-bond donors (Lipinski definition) is 1. The fourth-order valence-corrected chi connectivity index (χ4v) is 3.53. The van der Waals surface area contributed by atoms with Gasteiger partial charge in [0.1, 0.15) is 0 Å². The van der Waals surface area contributed by atoms with E-state index in [0.717, 1.165) is 24.7 Å². The molecule has 0 saturated heterocycles. The Kier molecular flexibility index (Phi) is 6.08. The largest absolute Gasteiger partial charge is 0.314 e. The lowest BCUT2D eigenvalue weighted by atomic mass is 9.90. The van der Waals surface area contributed by atoms with Crippen LogP contribution >= 0.6 is 0 Å². The summed E-state index contributed by atoms with van der Waals surface area (Å²) in [4.78, 5) is 0. The highest BCUT2D eigenvalue weighted by molar-refractivity contribution is 5.10. The Labute approximate surface area is 124 Å². The summed E-state index contributed by atoms with van der Waals surface area (Å²) in [5.41, 5.74) is 2.59. The maximum atomic E-state index is 4.60. The highest BCUT2D eigenvalue weighted by atomic mass is 15.3. The lowest BCUT2D eigenvalue weighted by Gasteiger charge is -2.26. The van der Waals surface area contributed by atoms with Crippen molar-refractivity contribution in [2.75, 3.05) is 6.54 Å². The molecule has 1 aromatic heterocycles. The second-order valence-corrected chi connectivity index (χ2v) is 6.26. The molecule has 1 aliphatic carbocycles. The summed E-state index contributed by atoms with van der Waals surface area (Å²) in [6.45, 7) is 8.70. The minimum Gasteiger partial charge on any atom is -0.314 e. The van der Waals surface area contributed by atoms with Gasteiger partial charge in [-0.2, -0.15) is 5.10 Å². The molecule has 1 N–H and O–H groups in total. The molecule has 1 heterocycles. The average Bonchev–Trinajstić information content (AvgIpc) is 2.66. The third kappa shape index (κ3) is 4.08. The molecule has 3 heteroatoms. The Morgan fingerprint density at radius 1 is 1.25 bits per heavy atom. The van der Waals surface area contributed by atoms with E-state index in [1.807, 2.05) is 0 Å². The molecule has 0 aliphatic heterocycles. The normalized spacial score (nSPS) is 23.8. The highest BCUT2D eigenvalue weighted by Crippen LogP contribution is 2.27. The van der Waals surface area contributed by atoms with Crippen molar-refractivity contribution < 1.29 is 0 Å². The fraction of sp³-hybridized carbons (Fsp3) is 0.824. The van der Waals surface area contributed by atoms with Crippen LogP contribution in [0, 0.1) is 12.8 Å². The summed E-state index contributed by atoms with van der Waals surface area (Å²) in [5.74, 6) is 0.783. The van der Waals surface area contributed by atoms with E-state index in [0.29, 0.717) is 6.04 Å². The van der Waals surface area contributed by atoms with E-state index in [1.54, 1.807) is 0 Å². The first-order valence-electron chi connectivity index (χ1n) is 8.51. The van der Waals surface area contributed by atoms with Gasteiger partial charge in [0.05, 0.1) is 5.69 Å². The minimum absolute atomic E-state index is 0.706. The zero-order valence-electron chi connectivity index (χ0n) is 13.5. The summed E-state index contributed by atoms with van der Waals surface area (Å²) in [6, 6.07) is 2.99. The van der Waals surface area contributed by atoms with Gasteiger partial charge in [-0.3, -0.25) is 4.68 Å². The standard InChI is InChI=1S/C17H31N3/c1-4-11-18-17-10-8-6-7-9-15(17)13-16-12-14(3)19-20(16)5-2/h12,15,17-18H,4-11,13H2,1-3H3. The first-order chi connectivity index (χ1) is 9.74. The first-order valence-corrected chi connectivity index (χ1v) is 8.51. The summed E-state index contributed by atoms with van der Waals surface area (Å²) in [7, 11) is 0. The smallest absolute Gasteiger partial charge is 0.0596 e. The van der Waals surface area contributed by atoms with Crippen molar-refractivity contribution in [3.63, 3.8) is 0 Å². The molecule has 1 fully saturated rings. The van der Waals surface area contributed by atoms with Gasteiger partial charge >= 0.3 is 0 Å². The number of hydrogen-bond acceptors (Lipinski definition) is 2. The number of aryl methyl sites for hydroxylation is 2. The zero-order valence-corrected chi connectivity index (χ0v) is 13.5. The Balaban J connectivity index is 2.05. The molecular weight excluding hydrogens is 246 g/mol. The maximum absolute atomic E-state index is 4.60. The number of rotatable bonds is 6. The van der Waals surface area contributed by atoms with Crippen molar-refractivity contribution in [3.8, 4) is 0 Å². The summed E-state index contributed by atoms with van der Waals surface area (Å²) in [6.07, 6.45) is 9.34. The molecule has 0 spiro atoms. The van der Waals surface area contributed by atoms with Crippen LogP contribution in [0.4, 0.5) is 0 Å². The number of nitrogens with one attached hydrogen (secondary N) is 1. The number of aromatic nitrogens is 2. The topological polar surface area (TPSA) is 29.9 Å². The molecule has 0 bridgehead atoms. The minimum atomic E-state index is 0.706. The quantitative estimate of drug-likeness (QED) is 0.803. The van der Waals surface area contributed by atoms with E-state index in [2.05, 4.69) is 41.9 Å². The lowest BCUT2D eigenvalue weighted by molar-refractivity contribution is 0.326. The van der Waals surface area contributed by atoms with Crippen molar-refractivity contribution in [1.82, 2.24) is 15.1 Å². The summed E-state index contributed by atoms with van der Waals surface area (Å²) < 4.78 is 2.19. The van der Waals surface area contributed by atoms with Crippen molar-refractivity contribution in [3.05, 3.63) is 17.5 Å². The highest BCUT2D eigenvalue weighted by Gasteiger charge is 2.24. The monoisotopic (exact) mass is 277 g/mol. The zero-order chi connectivity index (χ0) is 14.4. The second kappa shape index (κ2) is 7.82. The molecule has 0 amide bonds. The summed E-state index contributed by atoms with van der Waals surface area (Å²) >= 11 is 0. The van der Waals surface area contributed by atoms with Crippen LogP contribution in [0.15, 0.2) is 6.07 Å². The molecule has 3 nitrogen and oxygen atoms in total. The van der Waals surface area contributed by atoms with Gasteiger partial charge in [-0.15, -0.1) is 0 Å². The molecule has 1 aromatic rings. The van der Waals surface area contributed by atoms with Gasteiger partial charge in [0.25, 0.3) is 0 Å². The molecule has 2 atom stereocenters. The van der Waals surface area contributed by atoms with Crippen LogP contribution in [-0.2, 0) is 13.0 Å². The molecule has 20 heavy (non-hydrogen) atoms. The van der Waals surface area contributed by atoms with E-state index < -0.39 is 0 Å². The van der Waals surface area contributed by atoms with Gasteiger partial charge in [-0.1, -0.05) is 26.2 Å². The second-order valence-electron chi connectivity index (χ2n) is 6.26. The van der Waals surface area contributed by atoms with Crippen LogP contribution in [0.2, 0.25) is 0 Å². The molecule has 114 valence electrons. The molecule has 0 aromatic carbocycles. The van der Waals surface area contributed by atoms with Crippen LogP contribution in [0.5, 0.6) is 0 Å². The fourth-order valence-electron chi connectivity index (χ4n) is 3.53. The number of nitrogens with zero attached hydrogens (tertiary/aromatic N) is 2. The van der Waals surface area contributed by atoms with Crippen molar-refractivity contribution in [1.29, 1.82) is 0 Å². The van der Waals surface area contributed by atoms with E-state index in [1.165, 1.54) is 50.6 Å². The maximum Gasteiger partial charge on any atom is 0.0596 e. The first kappa shape index (κ1) is 15.6. The Morgan fingerprint density at radius 3 is 2.80 bits per heavy atom. The lowest BCUT2D eigenvalue weighted by Crippen LogP contribution is -2.37. The third-order valence-electron chi connectivity index (χ3n) is 4.57. The Bertz CT molecular complexity index is 397. The summed E-state index contributed by atoms with van der Waals surface area (Å²) in [5, 5.41) is 8.40. The van der Waals surface area contributed by atoms with Gasteiger partial charge in [-0.05, 0) is 58.1 Å². The molecule has 1 saturated carbocycles. The molecule has 2 rings (SSSR count). The van der Waals surface area contributed by atoms with Crippen LogP contribution in [0.1, 0.15) is 63.8 Å². The van der Waals surface area contributed by atoms with Crippen LogP contribution in [0.25, 0.3) is 0 Å². The van der Waals surface area contributed by atoms with E-state index in [9.17, 15) is 0 Å². The van der Waals surface area contributed by atoms with Crippen molar-refractivity contribution in [2.45, 2.75) is 78.3 Å². The SMILES string of the molecule is CCCNC1CCCCCC1Cc1cc(C)nn1CC. The van der Waals surface area contributed by atoms with Crippen LogP contribution in [0.3, 0.4) is 0 Å². The van der Waals surface area contributed by atoms with Crippen molar-refractivity contribution in [2.24, 2.45) is 5.92 Å². The van der Waals surface area contributed by atoms with E-state index in [-0.39, 0.29) is 0 Å². The van der Waals surface area contributed by atoms with Crippen molar-refractivity contribution >= 4 is 0 Å². The van der Waals surface area contributed by atoms with E-state index >= 15 is 0 Å². The predicted octanol–water partition coefficient (Wildman–Crippen LogP) is 3.70. The molecule has 1 aliphatic rings. The predicted molar refractivity (Wildman–Crippen MR) is 85.0 cm³/mol. The van der Waals surface area contributed by atoms with Crippen LogP contribution < -0.4 is 5.32 Å². The average molecular weight is 277 g/mol. The van der Waals surface area contributed by atoms with Gasteiger partial charge in [0.2, 0.25) is 0 Å².